The highest BCUT2D eigenvalue weighted by Gasteiger charge is 2.34. The Morgan fingerprint density at radius 1 is 1.27 bits per heavy atom. The first-order valence-corrected chi connectivity index (χ1v) is 9.12. The number of rotatable bonds is 4. The van der Waals surface area contributed by atoms with Crippen LogP contribution in [0.4, 0.5) is 0 Å². The smallest absolute Gasteiger partial charge is 0.244 e. The molecule has 2 aromatic heterocycles. The van der Waals surface area contributed by atoms with Crippen LogP contribution in [0.1, 0.15) is 41.9 Å². The van der Waals surface area contributed by atoms with Gasteiger partial charge in [0.2, 0.25) is 11.8 Å². The normalized spacial score (nSPS) is 17.1. The van der Waals surface area contributed by atoms with Crippen LogP contribution in [0.15, 0.2) is 6.07 Å². The Balaban J connectivity index is 1.75. The van der Waals surface area contributed by atoms with Gasteiger partial charge < -0.3 is 9.80 Å². The van der Waals surface area contributed by atoms with Crippen molar-refractivity contribution in [3.05, 3.63) is 28.7 Å². The molecule has 0 bridgehead atoms. The number of nitrogens with zero attached hydrogens (tertiary/aromatic N) is 5. The van der Waals surface area contributed by atoms with Crippen LogP contribution in [-0.4, -0.2) is 62.9 Å². The van der Waals surface area contributed by atoms with Crippen LogP contribution in [0.5, 0.6) is 0 Å². The monoisotopic (exact) mass is 357 g/mol. The summed E-state index contributed by atoms with van der Waals surface area (Å²) in [5, 5.41) is 4.48. The minimum atomic E-state index is -0.311. The number of likely N-dealkylation sites (tertiary alicyclic amines) is 1. The van der Waals surface area contributed by atoms with Gasteiger partial charge in [-0.3, -0.25) is 9.59 Å². The fraction of sp³-hybridized carbons (Fsp3) is 0.579. The summed E-state index contributed by atoms with van der Waals surface area (Å²) < 4.78 is 1.84. The van der Waals surface area contributed by atoms with Gasteiger partial charge >= 0.3 is 0 Å². The number of carbonyl (C=O) groups is 2. The lowest BCUT2D eigenvalue weighted by Crippen LogP contribution is -2.45. The minimum absolute atomic E-state index is 0.0123. The number of fused-ring (bicyclic) bond motifs is 1. The minimum Gasteiger partial charge on any atom is -0.347 e. The van der Waals surface area contributed by atoms with Crippen LogP contribution in [0.25, 0.3) is 5.65 Å². The van der Waals surface area contributed by atoms with Gasteiger partial charge in [0, 0.05) is 44.5 Å². The van der Waals surface area contributed by atoms with Crippen LogP contribution in [-0.2, 0) is 16.0 Å². The Kier molecular flexibility index (Phi) is 4.98. The molecule has 1 aliphatic heterocycles. The Hall–Kier alpha value is -2.44. The lowest BCUT2D eigenvalue weighted by molar-refractivity contribution is -0.142. The van der Waals surface area contributed by atoms with Crippen LogP contribution in [0.2, 0.25) is 0 Å². The highest BCUT2D eigenvalue weighted by molar-refractivity contribution is 5.88. The summed E-state index contributed by atoms with van der Waals surface area (Å²) in [6, 6.07) is 1.64. The average molecular weight is 357 g/mol. The van der Waals surface area contributed by atoms with Gasteiger partial charge in [-0.1, -0.05) is 0 Å². The molecule has 7 heteroatoms. The molecular weight excluding hydrogens is 330 g/mol. The van der Waals surface area contributed by atoms with E-state index < -0.39 is 0 Å². The summed E-state index contributed by atoms with van der Waals surface area (Å²) in [6.45, 7) is 6.60. The molecule has 1 unspecified atom stereocenters. The summed E-state index contributed by atoms with van der Waals surface area (Å²) >= 11 is 0. The maximum Gasteiger partial charge on any atom is 0.244 e. The molecule has 1 saturated heterocycles. The van der Waals surface area contributed by atoms with Crippen molar-refractivity contribution in [3.63, 3.8) is 0 Å². The zero-order chi connectivity index (χ0) is 19.0. The molecule has 3 heterocycles. The summed E-state index contributed by atoms with van der Waals surface area (Å²) in [4.78, 5) is 33.0. The third-order valence-electron chi connectivity index (χ3n) is 5.17. The van der Waals surface area contributed by atoms with Crippen molar-refractivity contribution in [2.75, 3.05) is 20.6 Å². The second-order valence-electron chi connectivity index (χ2n) is 7.29. The molecule has 26 heavy (non-hydrogen) atoms. The van der Waals surface area contributed by atoms with Gasteiger partial charge in [-0.2, -0.15) is 5.10 Å². The van der Waals surface area contributed by atoms with Crippen molar-refractivity contribution in [1.82, 2.24) is 24.4 Å². The molecule has 2 aromatic rings. The zero-order valence-corrected chi connectivity index (χ0v) is 16.2. The topological polar surface area (TPSA) is 70.8 Å². The number of amides is 2. The molecule has 0 saturated carbocycles. The number of aryl methyl sites for hydroxylation is 3. The van der Waals surface area contributed by atoms with Crippen LogP contribution in [0, 0.1) is 20.8 Å². The molecule has 2 amide bonds. The van der Waals surface area contributed by atoms with Crippen molar-refractivity contribution >= 4 is 17.5 Å². The lowest BCUT2D eigenvalue weighted by Gasteiger charge is -2.26. The van der Waals surface area contributed by atoms with Crippen LogP contribution < -0.4 is 0 Å². The number of aromatic nitrogens is 3. The Labute approximate surface area is 154 Å². The second-order valence-corrected chi connectivity index (χ2v) is 7.29. The third kappa shape index (κ3) is 3.30. The van der Waals surface area contributed by atoms with Gasteiger partial charge in [-0.15, -0.1) is 0 Å². The van der Waals surface area contributed by atoms with Gasteiger partial charge in [0.1, 0.15) is 6.04 Å². The van der Waals surface area contributed by atoms with Gasteiger partial charge in [-0.25, -0.2) is 9.50 Å². The van der Waals surface area contributed by atoms with E-state index in [4.69, 9.17) is 0 Å². The van der Waals surface area contributed by atoms with Gasteiger partial charge in [0.25, 0.3) is 0 Å². The molecular formula is C19H27N5O2. The van der Waals surface area contributed by atoms with Crippen molar-refractivity contribution in [3.8, 4) is 0 Å². The van der Waals surface area contributed by atoms with Crippen LogP contribution in [0.3, 0.4) is 0 Å². The summed E-state index contributed by atoms with van der Waals surface area (Å²) in [6.07, 6.45) is 2.62. The van der Waals surface area contributed by atoms with E-state index in [1.54, 1.807) is 23.9 Å². The van der Waals surface area contributed by atoms with E-state index in [-0.39, 0.29) is 17.9 Å². The lowest BCUT2D eigenvalue weighted by atomic mass is 10.1. The maximum absolute atomic E-state index is 12.8. The molecule has 1 atom stereocenters. The number of hydrogen-bond acceptors (Lipinski definition) is 4. The van der Waals surface area contributed by atoms with E-state index >= 15 is 0 Å². The fourth-order valence-electron chi connectivity index (χ4n) is 3.80. The van der Waals surface area contributed by atoms with E-state index in [0.717, 1.165) is 41.1 Å². The van der Waals surface area contributed by atoms with E-state index in [0.29, 0.717) is 19.4 Å². The third-order valence-corrected chi connectivity index (χ3v) is 5.17. The first-order chi connectivity index (χ1) is 12.3. The second kappa shape index (κ2) is 7.05. The van der Waals surface area contributed by atoms with E-state index in [1.807, 2.05) is 31.4 Å². The SMILES string of the molecule is Cc1cc2nc(C)c(CCC(=O)N3CCCC3C(=O)N(C)C)c(C)n2n1. The quantitative estimate of drug-likeness (QED) is 0.834. The molecule has 0 aromatic carbocycles. The Bertz CT molecular complexity index is 855. The molecule has 0 aliphatic carbocycles. The number of hydrogen-bond donors (Lipinski definition) is 0. The Morgan fingerprint density at radius 2 is 2.00 bits per heavy atom. The van der Waals surface area contributed by atoms with Crippen molar-refractivity contribution < 1.29 is 9.59 Å². The molecule has 0 N–H and O–H groups in total. The average Bonchev–Trinajstić information content (AvgIpc) is 3.19. The van der Waals surface area contributed by atoms with E-state index in [1.165, 1.54) is 0 Å². The first-order valence-electron chi connectivity index (χ1n) is 9.12. The van der Waals surface area contributed by atoms with Crippen molar-refractivity contribution in [2.45, 2.75) is 52.5 Å². The molecule has 7 nitrogen and oxygen atoms in total. The standard InChI is InChI=1S/C19H27N5O2/c1-12-11-17-20-13(2)15(14(3)24(17)21-12)8-9-18(25)23-10-6-7-16(23)19(26)22(4)5/h11,16H,6-10H2,1-5H3. The molecule has 3 rings (SSSR count). The van der Waals surface area contributed by atoms with Crippen LogP contribution >= 0.6 is 0 Å². The number of likely N-dealkylation sites (N-methyl/N-ethyl adjacent to an activating group) is 1. The Morgan fingerprint density at radius 3 is 2.69 bits per heavy atom. The molecule has 0 radical (unpaired) electrons. The van der Waals surface area contributed by atoms with Crippen molar-refractivity contribution in [2.24, 2.45) is 0 Å². The summed E-state index contributed by atoms with van der Waals surface area (Å²) in [5.74, 6) is 0.0524. The summed E-state index contributed by atoms with van der Waals surface area (Å²) in [7, 11) is 3.48. The zero-order valence-electron chi connectivity index (χ0n) is 16.2. The molecule has 1 aliphatic rings. The predicted octanol–water partition coefficient (Wildman–Crippen LogP) is 1.67. The van der Waals surface area contributed by atoms with E-state index in [2.05, 4.69) is 10.1 Å². The van der Waals surface area contributed by atoms with Gasteiger partial charge in [-0.05, 0) is 45.6 Å². The molecule has 0 spiro atoms. The van der Waals surface area contributed by atoms with E-state index in [9.17, 15) is 9.59 Å². The highest BCUT2D eigenvalue weighted by Crippen LogP contribution is 2.22. The first kappa shape index (κ1) is 18.4. The maximum atomic E-state index is 12.8. The summed E-state index contributed by atoms with van der Waals surface area (Å²) in [5.41, 5.74) is 4.78. The predicted molar refractivity (Wildman–Crippen MR) is 98.9 cm³/mol. The molecule has 1 fully saturated rings. The van der Waals surface area contributed by atoms with Gasteiger partial charge in [0.05, 0.1) is 5.69 Å². The van der Waals surface area contributed by atoms with Crippen molar-refractivity contribution in [1.29, 1.82) is 0 Å². The number of carbonyl (C=O) groups excluding carboxylic acids is 2. The molecule has 140 valence electrons. The van der Waals surface area contributed by atoms with Gasteiger partial charge in [0.15, 0.2) is 5.65 Å². The largest absolute Gasteiger partial charge is 0.347 e. The fourth-order valence-corrected chi connectivity index (χ4v) is 3.80. The highest BCUT2D eigenvalue weighted by atomic mass is 16.2.